The van der Waals surface area contributed by atoms with Crippen LogP contribution >= 0.6 is 0 Å². The van der Waals surface area contributed by atoms with E-state index in [0.29, 0.717) is 5.56 Å². The number of hydrogen-bond donors (Lipinski definition) is 1. The van der Waals surface area contributed by atoms with Crippen LogP contribution < -0.4 is 5.32 Å². The van der Waals surface area contributed by atoms with Crippen molar-refractivity contribution in [2.24, 2.45) is 10.2 Å². The highest BCUT2D eigenvalue weighted by molar-refractivity contribution is 5.97. The zero-order chi connectivity index (χ0) is 18.9. The average molecular weight is 370 g/mol. The Bertz CT molecular complexity index is 659. The molecule has 0 bridgehead atoms. The van der Waals surface area contributed by atoms with Gasteiger partial charge in [-0.25, -0.2) is 0 Å². The molecule has 3 rings (SSSR count). The van der Waals surface area contributed by atoms with Crippen molar-refractivity contribution >= 4 is 11.8 Å². The lowest BCUT2D eigenvalue weighted by atomic mass is 9.95. The molecule has 1 fully saturated rings. The lowest BCUT2D eigenvalue weighted by molar-refractivity contribution is -0.122. The van der Waals surface area contributed by atoms with E-state index in [1.54, 1.807) is 6.07 Å². The summed E-state index contributed by atoms with van der Waals surface area (Å²) in [5.41, 5.74) is 1.38. The monoisotopic (exact) mass is 369 g/mol. The van der Waals surface area contributed by atoms with Gasteiger partial charge in [0.1, 0.15) is 6.04 Å². The van der Waals surface area contributed by atoms with Crippen molar-refractivity contribution < 1.29 is 9.59 Å². The molecule has 1 aromatic carbocycles. The van der Waals surface area contributed by atoms with E-state index in [1.165, 1.54) is 57.8 Å². The van der Waals surface area contributed by atoms with Crippen molar-refractivity contribution in [3.8, 4) is 0 Å². The summed E-state index contributed by atoms with van der Waals surface area (Å²) in [4.78, 5) is 24.5. The Morgan fingerprint density at radius 1 is 0.926 bits per heavy atom. The highest BCUT2D eigenvalue weighted by Gasteiger charge is 2.26. The van der Waals surface area contributed by atoms with E-state index in [-0.39, 0.29) is 30.3 Å². The lowest BCUT2D eigenvalue weighted by Gasteiger charge is -2.22. The molecule has 5 nitrogen and oxygen atoms in total. The number of azo groups is 1. The predicted octanol–water partition coefficient (Wildman–Crippen LogP) is 5.51. The summed E-state index contributed by atoms with van der Waals surface area (Å²) in [5.74, 6) is -0.304. The standard InChI is InChI=1S/C22H31N3O2/c26-21(16-20-18-14-10-11-15-19(18)22(27)25-24-20)23-17-12-8-6-4-2-1-3-5-7-9-13-17/h10-11,14-15,17,20H,1-9,12-13,16H2,(H,23,26). The summed E-state index contributed by atoms with van der Waals surface area (Å²) in [7, 11) is 0. The number of fused-ring (bicyclic) bond motifs is 1. The zero-order valence-electron chi connectivity index (χ0n) is 16.2. The van der Waals surface area contributed by atoms with Crippen molar-refractivity contribution in [3.63, 3.8) is 0 Å². The molecular weight excluding hydrogens is 338 g/mol. The predicted molar refractivity (Wildman–Crippen MR) is 106 cm³/mol. The molecule has 1 aliphatic heterocycles. The van der Waals surface area contributed by atoms with Crippen LogP contribution in [0.4, 0.5) is 0 Å². The van der Waals surface area contributed by atoms with Gasteiger partial charge < -0.3 is 5.32 Å². The Hall–Kier alpha value is -2.04. The first-order valence-corrected chi connectivity index (χ1v) is 10.6. The van der Waals surface area contributed by atoms with Gasteiger partial charge in [-0.2, -0.15) is 5.11 Å². The van der Waals surface area contributed by atoms with Gasteiger partial charge in [0, 0.05) is 11.6 Å². The van der Waals surface area contributed by atoms with Crippen LogP contribution in [-0.4, -0.2) is 17.9 Å². The number of carbonyl (C=O) groups is 2. The van der Waals surface area contributed by atoms with Gasteiger partial charge in [-0.1, -0.05) is 76.0 Å². The summed E-state index contributed by atoms with van der Waals surface area (Å²) >= 11 is 0. The minimum Gasteiger partial charge on any atom is -0.353 e. The molecule has 1 aliphatic carbocycles. The number of nitrogens with zero attached hydrogens (tertiary/aromatic N) is 2. The number of carbonyl (C=O) groups excluding carboxylic acids is 2. The molecule has 1 atom stereocenters. The normalized spacial score (nSPS) is 22.4. The third-order valence-corrected chi connectivity index (χ3v) is 5.69. The first-order valence-electron chi connectivity index (χ1n) is 10.6. The molecule has 27 heavy (non-hydrogen) atoms. The molecule has 1 aromatic rings. The number of rotatable bonds is 3. The summed E-state index contributed by atoms with van der Waals surface area (Å²) < 4.78 is 0. The van der Waals surface area contributed by atoms with Gasteiger partial charge >= 0.3 is 0 Å². The van der Waals surface area contributed by atoms with E-state index < -0.39 is 0 Å². The average Bonchev–Trinajstić information content (AvgIpc) is 2.66. The minimum absolute atomic E-state index is 0.0141. The van der Waals surface area contributed by atoms with Gasteiger partial charge in [0.2, 0.25) is 5.91 Å². The van der Waals surface area contributed by atoms with Crippen molar-refractivity contribution in [1.82, 2.24) is 5.32 Å². The fourth-order valence-electron chi connectivity index (χ4n) is 4.14. The number of benzene rings is 1. The van der Waals surface area contributed by atoms with Gasteiger partial charge in [0.25, 0.3) is 5.91 Å². The maximum absolute atomic E-state index is 12.6. The SMILES string of the molecule is O=C(CC1N=NC(=O)c2ccccc21)NC1CCCCCCCCCCC1. The van der Waals surface area contributed by atoms with Crippen LogP contribution in [0.15, 0.2) is 34.5 Å². The van der Waals surface area contributed by atoms with Crippen LogP contribution in [0.5, 0.6) is 0 Å². The van der Waals surface area contributed by atoms with E-state index in [0.717, 1.165) is 18.4 Å². The third-order valence-electron chi connectivity index (χ3n) is 5.69. The Morgan fingerprint density at radius 3 is 2.19 bits per heavy atom. The van der Waals surface area contributed by atoms with E-state index in [4.69, 9.17) is 0 Å². The van der Waals surface area contributed by atoms with Gasteiger partial charge in [-0.15, -0.1) is 5.11 Å². The zero-order valence-corrected chi connectivity index (χ0v) is 16.2. The second-order valence-corrected chi connectivity index (χ2v) is 7.85. The van der Waals surface area contributed by atoms with Gasteiger partial charge in [0.05, 0.1) is 6.42 Å². The van der Waals surface area contributed by atoms with E-state index >= 15 is 0 Å². The Morgan fingerprint density at radius 2 is 1.52 bits per heavy atom. The van der Waals surface area contributed by atoms with Crippen LogP contribution in [0.2, 0.25) is 0 Å². The maximum Gasteiger partial charge on any atom is 0.295 e. The Kier molecular flexibility index (Phi) is 7.55. The molecule has 0 saturated heterocycles. The van der Waals surface area contributed by atoms with Crippen LogP contribution in [0.25, 0.3) is 0 Å². The topological polar surface area (TPSA) is 70.9 Å². The van der Waals surface area contributed by atoms with E-state index in [9.17, 15) is 9.59 Å². The van der Waals surface area contributed by atoms with Crippen LogP contribution in [0, 0.1) is 0 Å². The molecule has 5 heteroatoms. The fraction of sp³-hybridized carbons (Fsp3) is 0.636. The van der Waals surface area contributed by atoms with Crippen LogP contribution in [0.3, 0.4) is 0 Å². The number of hydrogen-bond acceptors (Lipinski definition) is 3. The summed E-state index contributed by atoms with van der Waals surface area (Å²) in [6, 6.07) is 7.23. The molecule has 1 unspecified atom stereocenters. The Balaban J connectivity index is 1.55. The maximum atomic E-state index is 12.6. The molecule has 2 amide bonds. The Labute approximate surface area is 162 Å². The molecule has 1 saturated carbocycles. The van der Waals surface area contributed by atoms with Crippen molar-refractivity contribution in [1.29, 1.82) is 0 Å². The molecule has 1 N–H and O–H groups in total. The molecule has 2 aliphatic rings. The van der Waals surface area contributed by atoms with Crippen molar-refractivity contribution in [2.75, 3.05) is 0 Å². The first kappa shape index (κ1) is 19.7. The highest BCUT2D eigenvalue weighted by Crippen LogP contribution is 2.30. The molecule has 0 radical (unpaired) electrons. The third kappa shape index (κ3) is 5.98. The summed E-state index contributed by atoms with van der Waals surface area (Å²) in [6.45, 7) is 0. The molecule has 0 aromatic heterocycles. The highest BCUT2D eigenvalue weighted by atomic mass is 16.2. The molecular formula is C22H31N3O2. The van der Waals surface area contributed by atoms with Crippen LogP contribution in [-0.2, 0) is 4.79 Å². The van der Waals surface area contributed by atoms with Crippen LogP contribution in [0.1, 0.15) is 99.0 Å². The van der Waals surface area contributed by atoms with Gasteiger partial charge in [-0.3, -0.25) is 9.59 Å². The summed E-state index contributed by atoms with van der Waals surface area (Å²) in [5, 5.41) is 11.0. The molecule has 0 spiro atoms. The largest absolute Gasteiger partial charge is 0.353 e. The van der Waals surface area contributed by atoms with Gasteiger partial charge in [0.15, 0.2) is 0 Å². The van der Waals surface area contributed by atoms with E-state index in [2.05, 4.69) is 15.5 Å². The molecule has 146 valence electrons. The second-order valence-electron chi connectivity index (χ2n) is 7.85. The fourth-order valence-corrected chi connectivity index (χ4v) is 4.14. The lowest BCUT2D eigenvalue weighted by Crippen LogP contribution is -2.35. The smallest absolute Gasteiger partial charge is 0.295 e. The van der Waals surface area contributed by atoms with E-state index in [1.807, 2.05) is 18.2 Å². The second kappa shape index (κ2) is 10.3. The molecule has 1 heterocycles. The van der Waals surface area contributed by atoms with Crippen molar-refractivity contribution in [2.45, 2.75) is 89.1 Å². The van der Waals surface area contributed by atoms with Crippen molar-refractivity contribution in [3.05, 3.63) is 35.4 Å². The number of amides is 2. The van der Waals surface area contributed by atoms with Gasteiger partial charge in [-0.05, 0) is 24.5 Å². The summed E-state index contributed by atoms with van der Waals surface area (Å²) in [6.07, 6.45) is 14.0. The first-order chi connectivity index (χ1) is 13.2. The quantitative estimate of drug-likeness (QED) is 0.762. The minimum atomic E-state index is -0.356. The number of nitrogens with one attached hydrogen (secondary N) is 1.